The lowest BCUT2D eigenvalue weighted by Crippen LogP contribution is -2.16. The summed E-state index contributed by atoms with van der Waals surface area (Å²) in [6.07, 6.45) is 0. The molecule has 0 aliphatic heterocycles. The predicted molar refractivity (Wildman–Crippen MR) is 283 cm³/mol. The maximum Gasteiger partial charge on any atom is 0.143 e. The lowest BCUT2D eigenvalue weighted by molar-refractivity contribution is 0.660. The molecule has 0 amide bonds. The molecule has 1 aliphatic carbocycles. The summed E-state index contributed by atoms with van der Waals surface area (Å²) in [5, 5.41) is 12.3. The number of hydrogen-bond donors (Lipinski definition) is 0. The molecule has 1 aromatic heterocycles. The number of fused-ring (bicyclic) bond motifs is 8. The molecule has 1 aliphatic rings. The van der Waals surface area contributed by atoms with Crippen molar-refractivity contribution in [1.29, 1.82) is 0 Å². The Bertz CT molecular complexity index is 4090. The molecule has 0 atom stereocenters. The van der Waals surface area contributed by atoms with Crippen LogP contribution in [0.2, 0.25) is 0 Å². The Hall–Kier alpha value is -8.46. The number of nitrogens with zero attached hydrogens (tertiary/aromatic N) is 1. The fourth-order valence-electron chi connectivity index (χ4n) is 11.6. The second-order valence-electron chi connectivity index (χ2n) is 18.8. The van der Waals surface area contributed by atoms with Crippen molar-refractivity contribution in [3.05, 3.63) is 236 Å². The highest BCUT2D eigenvalue weighted by Crippen LogP contribution is 2.52. The van der Waals surface area contributed by atoms with Crippen LogP contribution in [-0.4, -0.2) is 0 Å². The highest BCUT2D eigenvalue weighted by atomic mass is 16.3. The van der Waals surface area contributed by atoms with Gasteiger partial charge in [0.05, 0.1) is 11.1 Å². The van der Waals surface area contributed by atoms with Gasteiger partial charge in [-0.3, -0.25) is 0 Å². The number of para-hydroxylation sites is 1. The minimum Gasteiger partial charge on any atom is -0.455 e. The van der Waals surface area contributed by atoms with Crippen molar-refractivity contribution in [1.82, 2.24) is 0 Å². The Morgan fingerprint density at radius 1 is 0.343 bits per heavy atom. The minimum absolute atomic E-state index is 0.127. The second-order valence-corrected chi connectivity index (χ2v) is 18.8. The van der Waals surface area contributed by atoms with Gasteiger partial charge in [0.1, 0.15) is 11.2 Å². The van der Waals surface area contributed by atoms with E-state index in [-0.39, 0.29) is 5.41 Å². The van der Waals surface area contributed by atoms with Crippen molar-refractivity contribution in [2.24, 2.45) is 0 Å². The normalized spacial score (nSPS) is 13.0. The van der Waals surface area contributed by atoms with E-state index < -0.39 is 0 Å². The maximum atomic E-state index is 6.91. The standard InChI is InChI=1S/C65H43NO/c1-65(2)57-19-9-8-17-51(57)52-37-34-48(38-58(52)65)66(47-14-4-3-5-15-47)59-20-11-21-60-63(59)56-39-55(50-16-6-7-18-54(50)64(56)67-60)43-28-24-41(25-29-43)40-22-26-42(27-23-40)49-35-32-46-31-30-44-12-10-13-45-33-36-53(49)62(46)61(44)45/h3-39H,1-2H3. The Morgan fingerprint density at radius 2 is 0.940 bits per heavy atom. The molecule has 14 rings (SSSR count). The van der Waals surface area contributed by atoms with Gasteiger partial charge in [-0.2, -0.15) is 0 Å². The molecule has 0 unspecified atom stereocenters. The summed E-state index contributed by atoms with van der Waals surface area (Å²) in [4.78, 5) is 2.41. The van der Waals surface area contributed by atoms with Crippen LogP contribution in [0, 0.1) is 0 Å². The third-order valence-corrected chi connectivity index (χ3v) is 14.8. The predicted octanol–water partition coefficient (Wildman–Crippen LogP) is 18.4. The molecule has 0 spiro atoms. The SMILES string of the molecule is CC1(C)c2ccccc2-c2ccc(N(c3ccccc3)c3cccc4oc5c6ccccc6c(-c6ccc(-c7ccc(-c8ccc9ccc%10cccc%11ccc8c9c%10%11)cc7)cc6)cc5c34)cc21. The Kier molecular flexibility index (Phi) is 8.06. The van der Waals surface area contributed by atoms with Crippen molar-refractivity contribution in [3.63, 3.8) is 0 Å². The summed E-state index contributed by atoms with van der Waals surface area (Å²) in [5.41, 5.74) is 17.5. The monoisotopic (exact) mass is 853 g/mol. The van der Waals surface area contributed by atoms with Gasteiger partial charge in [0.2, 0.25) is 0 Å². The van der Waals surface area contributed by atoms with Crippen LogP contribution in [-0.2, 0) is 5.41 Å². The van der Waals surface area contributed by atoms with E-state index in [1.807, 2.05) is 0 Å². The first kappa shape index (κ1) is 37.9. The molecule has 314 valence electrons. The van der Waals surface area contributed by atoms with Crippen LogP contribution in [0.1, 0.15) is 25.0 Å². The van der Waals surface area contributed by atoms with E-state index in [1.165, 1.54) is 93.3 Å². The van der Waals surface area contributed by atoms with Crippen LogP contribution in [0.5, 0.6) is 0 Å². The van der Waals surface area contributed by atoms with Gasteiger partial charge in [-0.15, -0.1) is 0 Å². The van der Waals surface area contributed by atoms with E-state index in [0.29, 0.717) is 0 Å². The van der Waals surface area contributed by atoms with Crippen molar-refractivity contribution < 1.29 is 4.42 Å². The highest BCUT2D eigenvalue weighted by molar-refractivity contribution is 6.26. The van der Waals surface area contributed by atoms with E-state index >= 15 is 0 Å². The fraction of sp³-hybridized carbons (Fsp3) is 0.0462. The Morgan fingerprint density at radius 3 is 1.72 bits per heavy atom. The molecule has 2 heteroatoms. The summed E-state index contributed by atoms with van der Waals surface area (Å²) < 4.78 is 6.91. The van der Waals surface area contributed by atoms with Gasteiger partial charge < -0.3 is 9.32 Å². The third kappa shape index (κ3) is 5.63. The molecule has 67 heavy (non-hydrogen) atoms. The second kappa shape index (κ2) is 14.3. The van der Waals surface area contributed by atoms with Crippen LogP contribution in [0.3, 0.4) is 0 Å². The molecule has 0 N–H and O–H groups in total. The number of hydrogen-bond acceptors (Lipinski definition) is 2. The fourth-order valence-corrected chi connectivity index (χ4v) is 11.6. The van der Waals surface area contributed by atoms with Crippen molar-refractivity contribution in [2.75, 3.05) is 4.90 Å². The van der Waals surface area contributed by atoms with Gasteiger partial charge in [-0.05, 0) is 136 Å². The van der Waals surface area contributed by atoms with Gasteiger partial charge in [-0.25, -0.2) is 0 Å². The van der Waals surface area contributed by atoms with E-state index in [1.54, 1.807) is 0 Å². The van der Waals surface area contributed by atoms with Crippen molar-refractivity contribution in [3.8, 4) is 44.5 Å². The summed E-state index contributed by atoms with van der Waals surface area (Å²) in [5.74, 6) is 0. The largest absolute Gasteiger partial charge is 0.455 e. The van der Waals surface area contributed by atoms with Gasteiger partial charge >= 0.3 is 0 Å². The van der Waals surface area contributed by atoms with Crippen LogP contribution in [0.15, 0.2) is 229 Å². The molecule has 0 fully saturated rings. The quantitative estimate of drug-likeness (QED) is 0.155. The van der Waals surface area contributed by atoms with Crippen molar-refractivity contribution in [2.45, 2.75) is 19.3 Å². The number of benzene rings is 12. The van der Waals surface area contributed by atoms with Gasteiger partial charge in [0.25, 0.3) is 0 Å². The third-order valence-electron chi connectivity index (χ3n) is 14.8. The molecular weight excluding hydrogens is 811 g/mol. The number of anilines is 3. The summed E-state index contributed by atoms with van der Waals surface area (Å²) >= 11 is 0. The summed E-state index contributed by atoms with van der Waals surface area (Å²) in [6.45, 7) is 4.70. The zero-order valence-corrected chi connectivity index (χ0v) is 37.2. The van der Waals surface area contributed by atoms with E-state index in [4.69, 9.17) is 4.42 Å². The average Bonchev–Trinajstić information content (AvgIpc) is 3.88. The Balaban J connectivity index is 0.871. The van der Waals surface area contributed by atoms with Gasteiger partial charge in [-0.1, -0.05) is 196 Å². The minimum atomic E-state index is -0.127. The molecule has 2 nitrogen and oxygen atoms in total. The first-order valence-electron chi connectivity index (χ1n) is 23.3. The molecule has 1 heterocycles. The lowest BCUT2D eigenvalue weighted by atomic mass is 9.82. The maximum absolute atomic E-state index is 6.91. The lowest BCUT2D eigenvalue weighted by Gasteiger charge is -2.28. The zero-order chi connectivity index (χ0) is 44.4. The van der Waals surface area contributed by atoms with Crippen LogP contribution in [0.4, 0.5) is 17.1 Å². The van der Waals surface area contributed by atoms with E-state index in [2.05, 4.69) is 243 Å². The first-order valence-corrected chi connectivity index (χ1v) is 23.3. The average molecular weight is 854 g/mol. The summed E-state index contributed by atoms with van der Waals surface area (Å²) in [6, 6.07) is 82.6. The van der Waals surface area contributed by atoms with E-state index in [0.717, 1.165) is 44.4 Å². The summed E-state index contributed by atoms with van der Waals surface area (Å²) in [7, 11) is 0. The van der Waals surface area contributed by atoms with Crippen LogP contribution in [0.25, 0.3) is 110 Å². The molecule has 0 saturated carbocycles. The van der Waals surface area contributed by atoms with E-state index in [9.17, 15) is 0 Å². The zero-order valence-electron chi connectivity index (χ0n) is 37.2. The first-order chi connectivity index (χ1) is 33.0. The Labute approximate surface area is 388 Å². The van der Waals surface area contributed by atoms with Crippen LogP contribution >= 0.6 is 0 Å². The number of rotatable bonds is 6. The van der Waals surface area contributed by atoms with Gasteiger partial charge in [0.15, 0.2) is 0 Å². The number of furan rings is 1. The smallest absolute Gasteiger partial charge is 0.143 e. The molecule has 0 radical (unpaired) electrons. The van der Waals surface area contributed by atoms with Crippen molar-refractivity contribution >= 4 is 82.1 Å². The molecule has 13 aromatic rings. The van der Waals surface area contributed by atoms with Crippen LogP contribution < -0.4 is 4.90 Å². The highest BCUT2D eigenvalue weighted by Gasteiger charge is 2.36. The molecular formula is C65H43NO. The topological polar surface area (TPSA) is 16.4 Å². The molecule has 0 bridgehead atoms. The molecule has 12 aromatic carbocycles. The molecule has 0 saturated heterocycles. The van der Waals surface area contributed by atoms with Gasteiger partial charge in [0, 0.05) is 27.6 Å².